The number of aliphatic hydroxyl groups is 11. The Bertz CT molecular complexity index is 1770. The quantitative estimate of drug-likeness (QED) is 0.0199. The number of aliphatic hydroxyl groups excluding tert-OH is 11. The second-order valence-electron chi connectivity index (χ2n) is 28.5. The van der Waals surface area contributed by atoms with Gasteiger partial charge < -0.3 is 89.9 Å². The Morgan fingerprint density at radius 2 is 0.653 bits per heavy atom. The van der Waals surface area contributed by atoms with E-state index in [0.717, 1.165) is 44.9 Å². The summed E-state index contributed by atoms with van der Waals surface area (Å²) in [5.41, 5.74) is 0. The van der Waals surface area contributed by atoms with Gasteiger partial charge in [0.2, 0.25) is 5.91 Å². The van der Waals surface area contributed by atoms with Crippen LogP contribution < -0.4 is 5.32 Å². The maximum Gasteiger partial charge on any atom is 0.220 e. The molecule has 0 aromatic carbocycles. The number of nitrogens with one attached hydrogen (secondary N) is 1. The molecule has 3 fully saturated rings. The zero-order valence-corrected chi connectivity index (χ0v) is 59.9. The smallest absolute Gasteiger partial charge is 0.220 e. The molecule has 3 aliphatic rings. The summed E-state index contributed by atoms with van der Waals surface area (Å²) in [6, 6.07) is -0.969. The number of rotatable bonds is 63. The number of carbonyl (C=O) groups excluding carboxylic acids is 1. The zero-order valence-electron chi connectivity index (χ0n) is 59.9. The van der Waals surface area contributed by atoms with Crippen molar-refractivity contribution in [3.63, 3.8) is 0 Å². The molecule has 562 valence electrons. The molecular formula is C76H145NO18. The third-order valence-electron chi connectivity index (χ3n) is 20.1. The number of hydrogen-bond acceptors (Lipinski definition) is 18. The van der Waals surface area contributed by atoms with Crippen molar-refractivity contribution >= 4 is 5.91 Å². The van der Waals surface area contributed by atoms with E-state index < -0.39 is 124 Å². The van der Waals surface area contributed by atoms with Gasteiger partial charge in [0.15, 0.2) is 18.9 Å². The van der Waals surface area contributed by atoms with E-state index in [-0.39, 0.29) is 18.9 Å². The van der Waals surface area contributed by atoms with Crippen molar-refractivity contribution in [1.82, 2.24) is 5.32 Å². The largest absolute Gasteiger partial charge is 0.394 e. The summed E-state index contributed by atoms with van der Waals surface area (Å²) in [5, 5.41) is 121. The van der Waals surface area contributed by atoms with Crippen LogP contribution in [-0.4, -0.2) is 193 Å². The van der Waals surface area contributed by atoms with Crippen LogP contribution in [-0.2, 0) is 33.2 Å². The summed E-state index contributed by atoms with van der Waals surface area (Å²) < 4.78 is 34.4. The fourth-order valence-corrected chi connectivity index (χ4v) is 13.7. The molecule has 3 heterocycles. The van der Waals surface area contributed by atoms with Crippen molar-refractivity contribution in [2.75, 3.05) is 26.4 Å². The van der Waals surface area contributed by atoms with E-state index in [2.05, 4.69) is 19.2 Å². The molecule has 0 radical (unpaired) electrons. The monoisotopic (exact) mass is 1360 g/mol. The van der Waals surface area contributed by atoms with Gasteiger partial charge in [-0.05, 0) is 19.3 Å². The van der Waals surface area contributed by atoms with Crippen LogP contribution in [0.25, 0.3) is 0 Å². The Morgan fingerprint density at radius 3 is 0.989 bits per heavy atom. The normalized spacial score (nSPS) is 27.2. The molecule has 19 heteroatoms. The summed E-state index contributed by atoms with van der Waals surface area (Å²) in [5.74, 6) is -0.268. The number of allylic oxidation sites excluding steroid dienone is 1. The molecule has 0 spiro atoms. The van der Waals surface area contributed by atoms with Crippen molar-refractivity contribution in [2.45, 2.75) is 439 Å². The van der Waals surface area contributed by atoms with Gasteiger partial charge in [0.05, 0.1) is 38.6 Å². The lowest BCUT2D eigenvalue weighted by molar-refractivity contribution is -0.379. The zero-order chi connectivity index (χ0) is 68.9. The van der Waals surface area contributed by atoms with E-state index in [1.807, 2.05) is 6.08 Å². The van der Waals surface area contributed by atoms with E-state index >= 15 is 0 Å². The minimum Gasteiger partial charge on any atom is -0.394 e. The van der Waals surface area contributed by atoms with Gasteiger partial charge in [0.25, 0.3) is 0 Å². The van der Waals surface area contributed by atoms with Crippen LogP contribution in [0.15, 0.2) is 12.2 Å². The average Bonchev–Trinajstić information content (AvgIpc) is 0.787. The predicted octanol–water partition coefficient (Wildman–Crippen LogP) is 12.4. The highest BCUT2D eigenvalue weighted by molar-refractivity contribution is 5.76. The summed E-state index contributed by atoms with van der Waals surface area (Å²) in [7, 11) is 0. The maximum atomic E-state index is 13.4. The summed E-state index contributed by atoms with van der Waals surface area (Å²) in [6.07, 6.45) is 40.8. The fourth-order valence-electron chi connectivity index (χ4n) is 13.7. The van der Waals surface area contributed by atoms with Crippen molar-refractivity contribution in [2.24, 2.45) is 0 Å². The molecule has 19 nitrogen and oxygen atoms in total. The van der Waals surface area contributed by atoms with E-state index in [0.29, 0.717) is 6.42 Å². The third-order valence-corrected chi connectivity index (χ3v) is 20.1. The Labute approximate surface area is 576 Å². The molecule has 3 saturated heterocycles. The van der Waals surface area contributed by atoms with Gasteiger partial charge in [0.1, 0.15) is 73.2 Å². The summed E-state index contributed by atoms with van der Waals surface area (Å²) >= 11 is 0. The van der Waals surface area contributed by atoms with Crippen LogP contribution in [0.1, 0.15) is 335 Å². The fraction of sp³-hybridized carbons (Fsp3) is 0.961. The Morgan fingerprint density at radius 1 is 0.368 bits per heavy atom. The van der Waals surface area contributed by atoms with Crippen molar-refractivity contribution < 1.29 is 89.4 Å². The first-order valence-corrected chi connectivity index (χ1v) is 39.4. The Hall–Kier alpha value is -1.47. The van der Waals surface area contributed by atoms with E-state index in [4.69, 9.17) is 28.4 Å². The molecule has 12 N–H and O–H groups in total. The van der Waals surface area contributed by atoms with Gasteiger partial charge in [-0.25, -0.2) is 0 Å². The molecule has 3 rings (SSSR count). The van der Waals surface area contributed by atoms with Crippen molar-refractivity contribution in [3.05, 3.63) is 12.2 Å². The van der Waals surface area contributed by atoms with Gasteiger partial charge in [-0.3, -0.25) is 4.79 Å². The topological polar surface area (TPSA) is 307 Å². The highest BCUT2D eigenvalue weighted by Gasteiger charge is 2.53. The average molecular weight is 1360 g/mol. The SMILES string of the molecule is CCCCCCCCCCCCCCC/C=C/C(O)C(COC1OC(CO)C(OC2OC(CO)C(OC3OC(CO)C(O)C(O)C3O)C(O)C2O)C(O)C1O)NC(=O)CCCCCCCCCCCCCCCCCCCCCCCCCCCCCCCCCCCCC. The number of unbranched alkanes of at least 4 members (excludes halogenated alkanes) is 47. The Balaban J connectivity index is 1.32. The number of hydrogen-bond donors (Lipinski definition) is 12. The number of amides is 1. The maximum absolute atomic E-state index is 13.4. The summed E-state index contributed by atoms with van der Waals surface area (Å²) in [4.78, 5) is 13.4. The van der Waals surface area contributed by atoms with Crippen LogP contribution in [0, 0.1) is 0 Å². The third kappa shape index (κ3) is 39.0. The standard InChI is InChI=1S/C76H145NO18/c1-3-5-7-9-11-13-15-17-19-20-21-22-23-24-25-26-27-28-29-30-31-32-33-34-35-36-37-38-40-42-44-46-48-50-52-54-64(82)77-59(60(81)53-51-49-47-45-43-41-39-18-16-14-12-10-8-6-4-2)58-90-74-70(88)67(85)72(62(56-79)92-74)95-76-71(89)68(86)73(63(57-80)93-76)94-75-69(87)66(84)65(83)61(55-78)91-75/h51,53,59-63,65-76,78-81,83-89H,3-50,52,54-58H2,1-2H3,(H,77,82)/b53-51+. The van der Waals surface area contributed by atoms with Gasteiger partial charge in [0, 0.05) is 6.42 Å². The number of ether oxygens (including phenoxy) is 6. The molecule has 17 unspecified atom stereocenters. The lowest BCUT2D eigenvalue weighted by atomic mass is 9.96. The molecule has 0 aromatic heterocycles. The number of carbonyl (C=O) groups is 1. The molecule has 17 atom stereocenters. The predicted molar refractivity (Wildman–Crippen MR) is 374 cm³/mol. The van der Waals surface area contributed by atoms with Gasteiger partial charge in [-0.1, -0.05) is 321 Å². The van der Waals surface area contributed by atoms with Crippen LogP contribution in [0.4, 0.5) is 0 Å². The van der Waals surface area contributed by atoms with Crippen LogP contribution in [0.3, 0.4) is 0 Å². The van der Waals surface area contributed by atoms with Gasteiger partial charge in [-0.15, -0.1) is 0 Å². The minimum absolute atomic E-state index is 0.250. The van der Waals surface area contributed by atoms with E-state index in [1.54, 1.807) is 6.08 Å². The molecule has 1 amide bonds. The first kappa shape index (κ1) is 87.7. The second kappa shape index (κ2) is 58.1. The lowest BCUT2D eigenvalue weighted by Gasteiger charge is -2.48. The summed E-state index contributed by atoms with van der Waals surface area (Å²) in [6.45, 7) is 1.78. The second-order valence-corrected chi connectivity index (χ2v) is 28.5. The first-order chi connectivity index (χ1) is 46.3. The van der Waals surface area contributed by atoms with Crippen LogP contribution in [0.5, 0.6) is 0 Å². The molecule has 0 aromatic rings. The Kier molecular flexibility index (Phi) is 53.6. The lowest BCUT2D eigenvalue weighted by Crippen LogP contribution is -2.66. The van der Waals surface area contributed by atoms with Gasteiger partial charge in [-0.2, -0.15) is 0 Å². The van der Waals surface area contributed by atoms with Crippen molar-refractivity contribution in [1.29, 1.82) is 0 Å². The molecule has 0 bridgehead atoms. The van der Waals surface area contributed by atoms with Crippen LogP contribution >= 0.6 is 0 Å². The minimum atomic E-state index is -1.98. The van der Waals surface area contributed by atoms with E-state index in [9.17, 15) is 61.0 Å². The molecular weight excluding hydrogens is 1210 g/mol. The molecule has 0 saturated carbocycles. The molecule has 95 heavy (non-hydrogen) atoms. The van der Waals surface area contributed by atoms with E-state index in [1.165, 1.54) is 263 Å². The first-order valence-electron chi connectivity index (χ1n) is 39.4. The van der Waals surface area contributed by atoms with Crippen molar-refractivity contribution in [3.8, 4) is 0 Å². The van der Waals surface area contributed by atoms with Crippen LogP contribution in [0.2, 0.25) is 0 Å². The highest BCUT2D eigenvalue weighted by atomic mass is 16.8. The van der Waals surface area contributed by atoms with Gasteiger partial charge >= 0.3 is 0 Å². The molecule has 0 aliphatic carbocycles. The molecule has 3 aliphatic heterocycles. The highest BCUT2D eigenvalue weighted by Crippen LogP contribution is 2.33.